The Labute approximate surface area is 111 Å². The maximum Gasteiger partial charge on any atom is 0.0544 e. The molecule has 1 aromatic heterocycles. The van der Waals surface area contributed by atoms with Crippen molar-refractivity contribution in [1.82, 2.24) is 15.2 Å². The van der Waals surface area contributed by atoms with E-state index in [1.165, 1.54) is 12.1 Å². The lowest BCUT2D eigenvalue weighted by Crippen LogP contribution is -2.57. The van der Waals surface area contributed by atoms with Gasteiger partial charge < -0.3 is 5.32 Å². The molecule has 2 atom stereocenters. The second-order valence-electron chi connectivity index (χ2n) is 5.58. The summed E-state index contributed by atoms with van der Waals surface area (Å²) in [6, 6.07) is 7.43. The Morgan fingerprint density at radius 1 is 1.44 bits per heavy atom. The van der Waals surface area contributed by atoms with E-state index >= 15 is 0 Å². The Kier molecular flexibility index (Phi) is 4.72. The van der Waals surface area contributed by atoms with Crippen LogP contribution in [0, 0.1) is 5.92 Å². The quantitative estimate of drug-likeness (QED) is 0.885. The SMILES string of the molecule is CCC1CN(Cc2ccccn2)C(C(C)C)CN1. The first-order valence-corrected chi connectivity index (χ1v) is 7.08. The van der Waals surface area contributed by atoms with Gasteiger partial charge in [-0.1, -0.05) is 26.8 Å². The molecule has 0 aliphatic carbocycles. The van der Waals surface area contributed by atoms with E-state index in [9.17, 15) is 0 Å². The molecule has 1 fully saturated rings. The molecule has 0 radical (unpaired) electrons. The third-order valence-electron chi connectivity index (χ3n) is 3.89. The predicted molar refractivity (Wildman–Crippen MR) is 75.4 cm³/mol. The van der Waals surface area contributed by atoms with Gasteiger partial charge in [0.25, 0.3) is 0 Å². The van der Waals surface area contributed by atoms with Gasteiger partial charge in [0, 0.05) is 37.9 Å². The average Bonchev–Trinajstić information content (AvgIpc) is 2.39. The number of rotatable bonds is 4. The fourth-order valence-corrected chi connectivity index (χ4v) is 2.71. The molecule has 2 heterocycles. The van der Waals surface area contributed by atoms with Crippen LogP contribution < -0.4 is 5.32 Å². The van der Waals surface area contributed by atoms with Crippen LogP contribution in [0.15, 0.2) is 24.4 Å². The second kappa shape index (κ2) is 6.30. The van der Waals surface area contributed by atoms with E-state index in [4.69, 9.17) is 0 Å². The van der Waals surface area contributed by atoms with E-state index in [0.29, 0.717) is 18.0 Å². The largest absolute Gasteiger partial charge is 0.311 e. The normalized spacial score (nSPS) is 25.6. The highest BCUT2D eigenvalue weighted by molar-refractivity contribution is 5.04. The zero-order valence-electron chi connectivity index (χ0n) is 11.8. The lowest BCUT2D eigenvalue weighted by Gasteiger charge is -2.42. The van der Waals surface area contributed by atoms with Gasteiger partial charge in [-0.3, -0.25) is 9.88 Å². The standard InChI is InChI=1S/C15H25N3/c1-4-13-10-18(15(9-17-13)12(2)3)11-14-7-5-6-8-16-14/h5-8,12-13,15,17H,4,9-11H2,1-3H3. The van der Waals surface area contributed by atoms with Crippen LogP contribution in [0.5, 0.6) is 0 Å². The van der Waals surface area contributed by atoms with Gasteiger partial charge >= 0.3 is 0 Å². The van der Waals surface area contributed by atoms with Crippen molar-refractivity contribution in [1.29, 1.82) is 0 Å². The molecule has 1 aromatic rings. The summed E-state index contributed by atoms with van der Waals surface area (Å²) in [5.74, 6) is 0.680. The van der Waals surface area contributed by atoms with Crippen molar-refractivity contribution < 1.29 is 0 Å². The fourth-order valence-electron chi connectivity index (χ4n) is 2.71. The molecule has 1 saturated heterocycles. The molecule has 1 N–H and O–H groups in total. The van der Waals surface area contributed by atoms with Gasteiger partial charge in [0.2, 0.25) is 0 Å². The molecule has 18 heavy (non-hydrogen) atoms. The van der Waals surface area contributed by atoms with Gasteiger partial charge in [-0.25, -0.2) is 0 Å². The van der Waals surface area contributed by atoms with Gasteiger partial charge in [-0.15, -0.1) is 0 Å². The number of pyridine rings is 1. The van der Waals surface area contributed by atoms with E-state index < -0.39 is 0 Å². The maximum atomic E-state index is 4.46. The highest BCUT2D eigenvalue weighted by Crippen LogP contribution is 2.18. The van der Waals surface area contributed by atoms with Crippen LogP contribution in [0.3, 0.4) is 0 Å². The number of aromatic nitrogens is 1. The molecule has 3 nitrogen and oxygen atoms in total. The van der Waals surface area contributed by atoms with Crippen LogP contribution in [-0.4, -0.2) is 35.1 Å². The van der Waals surface area contributed by atoms with Crippen molar-refractivity contribution in [3.8, 4) is 0 Å². The number of piperazine rings is 1. The number of hydrogen-bond donors (Lipinski definition) is 1. The summed E-state index contributed by atoms with van der Waals surface area (Å²) < 4.78 is 0. The highest BCUT2D eigenvalue weighted by atomic mass is 15.2. The highest BCUT2D eigenvalue weighted by Gasteiger charge is 2.29. The van der Waals surface area contributed by atoms with Crippen LogP contribution in [0.25, 0.3) is 0 Å². The van der Waals surface area contributed by atoms with Crippen molar-refractivity contribution in [3.63, 3.8) is 0 Å². The number of hydrogen-bond acceptors (Lipinski definition) is 3. The molecule has 1 aliphatic rings. The van der Waals surface area contributed by atoms with Crippen molar-refractivity contribution in [2.75, 3.05) is 13.1 Å². The Balaban J connectivity index is 2.05. The molecule has 0 saturated carbocycles. The van der Waals surface area contributed by atoms with Gasteiger partial charge in [-0.05, 0) is 24.5 Å². The Morgan fingerprint density at radius 2 is 2.28 bits per heavy atom. The molecule has 100 valence electrons. The lowest BCUT2D eigenvalue weighted by molar-refractivity contribution is 0.0888. The molecule has 0 aromatic carbocycles. The molecule has 2 unspecified atom stereocenters. The first-order valence-electron chi connectivity index (χ1n) is 7.08. The van der Waals surface area contributed by atoms with Crippen molar-refractivity contribution in [3.05, 3.63) is 30.1 Å². The van der Waals surface area contributed by atoms with Crippen molar-refractivity contribution in [2.45, 2.75) is 45.8 Å². The summed E-state index contributed by atoms with van der Waals surface area (Å²) in [5, 5.41) is 3.65. The Morgan fingerprint density at radius 3 is 2.89 bits per heavy atom. The minimum absolute atomic E-state index is 0.620. The van der Waals surface area contributed by atoms with E-state index in [1.54, 1.807) is 0 Å². The smallest absolute Gasteiger partial charge is 0.0544 e. The van der Waals surface area contributed by atoms with Gasteiger partial charge in [0.15, 0.2) is 0 Å². The van der Waals surface area contributed by atoms with Crippen molar-refractivity contribution in [2.24, 2.45) is 5.92 Å². The molecule has 1 aliphatic heterocycles. The topological polar surface area (TPSA) is 28.2 Å². The first kappa shape index (κ1) is 13.5. The summed E-state index contributed by atoms with van der Waals surface area (Å²) in [6.07, 6.45) is 3.09. The molecule has 3 heteroatoms. The minimum Gasteiger partial charge on any atom is -0.311 e. The van der Waals surface area contributed by atoms with Crippen LogP contribution in [-0.2, 0) is 6.54 Å². The zero-order chi connectivity index (χ0) is 13.0. The van der Waals surface area contributed by atoms with E-state index in [0.717, 1.165) is 19.6 Å². The molecular weight excluding hydrogens is 222 g/mol. The fraction of sp³-hybridized carbons (Fsp3) is 0.667. The first-order chi connectivity index (χ1) is 8.70. The summed E-state index contributed by atoms with van der Waals surface area (Å²) in [4.78, 5) is 7.05. The van der Waals surface area contributed by atoms with Crippen molar-refractivity contribution >= 4 is 0 Å². The van der Waals surface area contributed by atoms with E-state index in [-0.39, 0.29) is 0 Å². The minimum atomic E-state index is 0.620. The van der Waals surface area contributed by atoms with Crippen LogP contribution in [0.1, 0.15) is 32.9 Å². The summed E-state index contributed by atoms with van der Waals surface area (Å²) >= 11 is 0. The molecule has 0 bridgehead atoms. The third-order valence-corrected chi connectivity index (χ3v) is 3.89. The lowest BCUT2D eigenvalue weighted by atomic mass is 9.97. The van der Waals surface area contributed by atoms with Gasteiger partial charge in [0.1, 0.15) is 0 Å². The van der Waals surface area contributed by atoms with E-state index in [1.807, 2.05) is 12.3 Å². The maximum absolute atomic E-state index is 4.46. The summed E-state index contributed by atoms with van der Waals surface area (Å²) in [6.45, 7) is 10.1. The molecule has 0 spiro atoms. The second-order valence-corrected chi connectivity index (χ2v) is 5.58. The van der Waals surface area contributed by atoms with Gasteiger partial charge in [-0.2, -0.15) is 0 Å². The van der Waals surface area contributed by atoms with Crippen LogP contribution >= 0.6 is 0 Å². The average molecular weight is 247 g/mol. The monoisotopic (exact) mass is 247 g/mol. The number of nitrogens with one attached hydrogen (secondary N) is 1. The predicted octanol–water partition coefficient (Wildman–Crippen LogP) is 2.29. The van der Waals surface area contributed by atoms with Gasteiger partial charge in [0.05, 0.1) is 5.69 Å². The Bertz CT molecular complexity index is 350. The number of nitrogens with zero attached hydrogens (tertiary/aromatic N) is 2. The third kappa shape index (κ3) is 3.30. The molecule has 0 amide bonds. The van der Waals surface area contributed by atoms with E-state index in [2.05, 4.69) is 48.1 Å². The zero-order valence-corrected chi connectivity index (χ0v) is 11.8. The van der Waals surface area contributed by atoms with Crippen LogP contribution in [0.4, 0.5) is 0 Å². The summed E-state index contributed by atoms with van der Waals surface area (Å²) in [7, 11) is 0. The molecular formula is C15H25N3. The summed E-state index contributed by atoms with van der Waals surface area (Å²) in [5.41, 5.74) is 1.18. The molecule has 2 rings (SSSR count). The van der Waals surface area contributed by atoms with Crippen LogP contribution in [0.2, 0.25) is 0 Å². The Hall–Kier alpha value is -0.930.